The minimum atomic E-state index is -0.300. The summed E-state index contributed by atoms with van der Waals surface area (Å²) >= 11 is 0. The number of hydrogen-bond donors (Lipinski definition) is 0. The molecule has 0 aliphatic carbocycles. The van der Waals surface area contributed by atoms with Crippen molar-refractivity contribution in [3.05, 3.63) is 72.3 Å². The van der Waals surface area contributed by atoms with Crippen LogP contribution in [-0.4, -0.2) is 35.2 Å². The molecule has 4 rings (SSSR count). The van der Waals surface area contributed by atoms with Crippen LogP contribution in [0, 0.1) is 0 Å². The van der Waals surface area contributed by atoms with Gasteiger partial charge in [-0.05, 0) is 17.7 Å². The largest absolute Gasteiger partial charge is 0.472 e. The number of hydrogen-bond acceptors (Lipinski definition) is 4. The van der Waals surface area contributed by atoms with Crippen LogP contribution in [0.1, 0.15) is 12.0 Å². The molecule has 2 heterocycles. The Labute approximate surface area is 152 Å². The number of rotatable bonds is 4. The number of carbonyl (C=O) groups is 1. The highest BCUT2D eigenvalue weighted by Crippen LogP contribution is 2.20. The fraction of sp³-hybridized carbons (Fsp3) is 0.238. The smallest absolute Gasteiger partial charge is 0.410 e. The first-order valence-electron chi connectivity index (χ1n) is 8.76. The summed E-state index contributed by atoms with van der Waals surface area (Å²) in [5, 5.41) is 1.08. The average molecular weight is 348 g/mol. The van der Waals surface area contributed by atoms with Crippen LogP contribution in [0.2, 0.25) is 0 Å². The van der Waals surface area contributed by atoms with Gasteiger partial charge in [0, 0.05) is 24.4 Å². The Morgan fingerprint density at radius 3 is 2.73 bits per heavy atom. The van der Waals surface area contributed by atoms with E-state index in [-0.39, 0.29) is 18.8 Å². The van der Waals surface area contributed by atoms with Gasteiger partial charge in [-0.25, -0.2) is 9.78 Å². The molecule has 5 nitrogen and oxygen atoms in total. The first-order chi connectivity index (χ1) is 12.8. The van der Waals surface area contributed by atoms with E-state index >= 15 is 0 Å². The molecule has 1 amide bonds. The first-order valence-corrected chi connectivity index (χ1v) is 8.76. The Balaban J connectivity index is 1.32. The monoisotopic (exact) mass is 348 g/mol. The van der Waals surface area contributed by atoms with Crippen molar-refractivity contribution in [1.82, 2.24) is 9.88 Å². The van der Waals surface area contributed by atoms with Crippen molar-refractivity contribution in [2.75, 3.05) is 13.1 Å². The second-order valence-electron chi connectivity index (χ2n) is 6.36. The number of nitrogens with zero attached hydrogens (tertiary/aromatic N) is 2. The van der Waals surface area contributed by atoms with Crippen molar-refractivity contribution in [1.29, 1.82) is 0 Å². The van der Waals surface area contributed by atoms with Crippen LogP contribution in [0.4, 0.5) is 4.79 Å². The van der Waals surface area contributed by atoms with E-state index in [1.54, 1.807) is 4.90 Å². The van der Waals surface area contributed by atoms with Gasteiger partial charge in [-0.2, -0.15) is 0 Å². The zero-order chi connectivity index (χ0) is 17.8. The Morgan fingerprint density at radius 1 is 1.04 bits per heavy atom. The van der Waals surface area contributed by atoms with E-state index in [2.05, 4.69) is 4.98 Å². The molecule has 1 aliphatic heterocycles. The van der Waals surface area contributed by atoms with Crippen molar-refractivity contribution < 1.29 is 14.3 Å². The van der Waals surface area contributed by atoms with Crippen LogP contribution < -0.4 is 4.74 Å². The van der Waals surface area contributed by atoms with Gasteiger partial charge < -0.3 is 14.4 Å². The van der Waals surface area contributed by atoms with Crippen molar-refractivity contribution in [3.8, 4) is 5.88 Å². The van der Waals surface area contributed by atoms with Crippen LogP contribution in [-0.2, 0) is 11.3 Å². The molecule has 3 aromatic rings. The van der Waals surface area contributed by atoms with E-state index in [1.165, 1.54) is 0 Å². The number of amides is 1. The number of aromatic nitrogens is 1. The number of pyridine rings is 1. The van der Waals surface area contributed by atoms with Gasteiger partial charge in [0.2, 0.25) is 5.88 Å². The molecule has 2 aromatic carbocycles. The molecule has 0 N–H and O–H groups in total. The van der Waals surface area contributed by atoms with Crippen LogP contribution in [0.25, 0.3) is 10.9 Å². The average Bonchev–Trinajstić information content (AvgIpc) is 3.15. The summed E-state index contributed by atoms with van der Waals surface area (Å²) in [4.78, 5) is 18.4. The third-order valence-corrected chi connectivity index (χ3v) is 4.47. The Kier molecular flexibility index (Phi) is 4.69. The molecule has 0 radical (unpaired) electrons. The van der Waals surface area contributed by atoms with Crippen LogP contribution >= 0.6 is 0 Å². The second-order valence-corrected chi connectivity index (χ2v) is 6.36. The van der Waals surface area contributed by atoms with Crippen LogP contribution in [0.5, 0.6) is 5.88 Å². The highest BCUT2D eigenvalue weighted by atomic mass is 16.6. The molecule has 5 heteroatoms. The first kappa shape index (κ1) is 16.4. The van der Waals surface area contributed by atoms with Crippen molar-refractivity contribution in [3.63, 3.8) is 0 Å². The van der Waals surface area contributed by atoms with Crippen molar-refractivity contribution in [2.24, 2.45) is 0 Å². The molecule has 1 saturated heterocycles. The van der Waals surface area contributed by atoms with E-state index < -0.39 is 0 Å². The predicted octanol–water partition coefficient (Wildman–Crippen LogP) is 4.02. The minimum absolute atomic E-state index is 0.0621. The summed E-state index contributed by atoms with van der Waals surface area (Å²) in [6, 6.07) is 21.5. The van der Waals surface area contributed by atoms with Gasteiger partial charge >= 0.3 is 6.09 Å². The van der Waals surface area contributed by atoms with Gasteiger partial charge in [-0.3, -0.25) is 0 Å². The maximum atomic E-state index is 12.2. The van der Waals surface area contributed by atoms with Gasteiger partial charge in [0.05, 0.1) is 12.1 Å². The summed E-state index contributed by atoms with van der Waals surface area (Å²) in [5.41, 5.74) is 1.88. The van der Waals surface area contributed by atoms with Crippen LogP contribution in [0.15, 0.2) is 66.7 Å². The topological polar surface area (TPSA) is 51.7 Å². The van der Waals surface area contributed by atoms with Crippen molar-refractivity contribution >= 4 is 17.0 Å². The van der Waals surface area contributed by atoms with Gasteiger partial charge in [-0.1, -0.05) is 48.5 Å². The maximum Gasteiger partial charge on any atom is 0.410 e. The molecule has 26 heavy (non-hydrogen) atoms. The molecule has 1 atom stereocenters. The predicted molar refractivity (Wildman–Crippen MR) is 99.0 cm³/mol. The Bertz CT molecular complexity index is 898. The standard InChI is InChI=1S/C21H20N2O3/c24-21(25-15-16-6-2-1-3-7-16)23-13-12-18(14-23)26-20-11-10-17-8-4-5-9-19(17)22-20/h1-11,18H,12-15H2. The lowest BCUT2D eigenvalue weighted by molar-refractivity contribution is 0.0988. The Morgan fingerprint density at radius 2 is 1.85 bits per heavy atom. The highest BCUT2D eigenvalue weighted by Gasteiger charge is 2.29. The lowest BCUT2D eigenvalue weighted by Gasteiger charge is -2.17. The van der Waals surface area contributed by atoms with E-state index in [4.69, 9.17) is 9.47 Å². The van der Waals surface area contributed by atoms with E-state index in [9.17, 15) is 4.79 Å². The molecule has 0 spiro atoms. The zero-order valence-electron chi connectivity index (χ0n) is 14.4. The summed E-state index contributed by atoms with van der Waals surface area (Å²) in [5.74, 6) is 0.591. The molecule has 1 fully saturated rings. The number of benzene rings is 2. The third-order valence-electron chi connectivity index (χ3n) is 4.47. The van der Waals surface area contributed by atoms with Gasteiger partial charge in [0.25, 0.3) is 0 Å². The van der Waals surface area contributed by atoms with Gasteiger partial charge in [-0.15, -0.1) is 0 Å². The lowest BCUT2D eigenvalue weighted by atomic mass is 10.2. The number of fused-ring (bicyclic) bond motifs is 1. The SMILES string of the molecule is O=C(OCc1ccccc1)N1CCC(Oc2ccc3ccccc3n2)C1. The van der Waals surface area contributed by atoms with Gasteiger partial charge in [0.1, 0.15) is 12.7 Å². The van der Waals surface area contributed by atoms with Crippen molar-refractivity contribution in [2.45, 2.75) is 19.1 Å². The molecule has 1 unspecified atom stereocenters. The molecular weight excluding hydrogens is 328 g/mol. The van der Waals surface area contributed by atoms with Crippen LogP contribution in [0.3, 0.4) is 0 Å². The molecule has 132 valence electrons. The number of carbonyl (C=O) groups excluding carboxylic acids is 1. The second kappa shape index (κ2) is 7.44. The lowest BCUT2D eigenvalue weighted by Crippen LogP contribution is -2.31. The molecule has 1 aromatic heterocycles. The summed E-state index contributed by atoms with van der Waals surface area (Å²) in [7, 11) is 0. The number of para-hydroxylation sites is 1. The molecule has 0 bridgehead atoms. The number of likely N-dealkylation sites (tertiary alicyclic amines) is 1. The highest BCUT2D eigenvalue weighted by molar-refractivity contribution is 5.78. The summed E-state index contributed by atoms with van der Waals surface area (Å²) in [6.45, 7) is 1.43. The number of ether oxygens (including phenoxy) is 2. The molecule has 0 saturated carbocycles. The minimum Gasteiger partial charge on any atom is -0.472 e. The molecular formula is C21H20N2O3. The van der Waals surface area contributed by atoms with E-state index in [0.29, 0.717) is 19.0 Å². The van der Waals surface area contributed by atoms with Gasteiger partial charge in [0.15, 0.2) is 0 Å². The summed E-state index contributed by atoms with van der Waals surface area (Å²) < 4.78 is 11.4. The normalized spacial score (nSPS) is 16.6. The molecule has 1 aliphatic rings. The fourth-order valence-electron chi connectivity index (χ4n) is 3.08. The third kappa shape index (κ3) is 3.77. The zero-order valence-corrected chi connectivity index (χ0v) is 14.4. The Hall–Kier alpha value is -3.08. The van der Waals surface area contributed by atoms with E-state index in [0.717, 1.165) is 22.9 Å². The maximum absolute atomic E-state index is 12.2. The van der Waals surface area contributed by atoms with E-state index in [1.807, 2.05) is 66.7 Å². The quantitative estimate of drug-likeness (QED) is 0.714. The fourth-order valence-corrected chi connectivity index (χ4v) is 3.08. The summed E-state index contributed by atoms with van der Waals surface area (Å²) in [6.07, 6.45) is 0.411.